The molecule has 0 saturated heterocycles. The topological polar surface area (TPSA) is 20.3 Å². The van der Waals surface area contributed by atoms with Crippen LogP contribution in [0.3, 0.4) is 0 Å². The number of allylic oxidation sites excluding steroid dienone is 2. The summed E-state index contributed by atoms with van der Waals surface area (Å²) in [5, 5.41) is 0. The fourth-order valence-corrected chi connectivity index (χ4v) is 4.21. The van der Waals surface area contributed by atoms with E-state index in [1.54, 1.807) is 5.57 Å². The predicted molar refractivity (Wildman–Crippen MR) is 130 cm³/mol. The molecule has 0 rings (SSSR count). The molecule has 0 aromatic heterocycles. The summed E-state index contributed by atoms with van der Waals surface area (Å²) < 4.78 is 0. The Bertz CT molecular complexity index is 428. The molecule has 2 heteroatoms. The summed E-state index contributed by atoms with van der Waals surface area (Å²) in [6.45, 7) is 17.8. The molecule has 0 heterocycles. The molecule has 0 saturated carbocycles. The largest absolute Gasteiger partial charge is 0.343 e. The maximum Gasteiger partial charge on any atom is 0.222 e. The molecule has 0 aliphatic carbocycles. The molecule has 1 amide bonds. The van der Waals surface area contributed by atoms with Gasteiger partial charge >= 0.3 is 0 Å². The third-order valence-corrected chi connectivity index (χ3v) is 6.51. The van der Waals surface area contributed by atoms with Crippen LogP contribution in [0.4, 0.5) is 0 Å². The molecule has 0 bridgehead atoms. The maximum atomic E-state index is 12.3. The van der Waals surface area contributed by atoms with Gasteiger partial charge in [0.2, 0.25) is 5.91 Å². The second-order valence-electron chi connectivity index (χ2n) is 9.41. The summed E-state index contributed by atoms with van der Waals surface area (Å²) >= 11 is 0. The minimum Gasteiger partial charge on any atom is -0.343 e. The van der Waals surface area contributed by atoms with Crippen molar-refractivity contribution in [3.63, 3.8) is 0 Å². The van der Waals surface area contributed by atoms with E-state index in [0.717, 1.165) is 50.1 Å². The van der Waals surface area contributed by atoms with Gasteiger partial charge in [-0.25, -0.2) is 0 Å². The normalized spacial score (nSPS) is 15.2. The number of hydrogen-bond acceptors (Lipinski definition) is 1. The average Bonchev–Trinajstić information content (AvgIpc) is 2.72. The van der Waals surface area contributed by atoms with E-state index < -0.39 is 0 Å². The molecule has 2 nitrogen and oxygen atoms in total. The van der Waals surface area contributed by atoms with Crippen LogP contribution >= 0.6 is 0 Å². The van der Waals surface area contributed by atoms with Gasteiger partial charge in [0.15, 0.2) is 0 Å². The lowest BCUT2D eigenvalue weighted by atomic mass is 9.86. The first-order valence-corrected chi connectivity index (χ1v) is 12.9. The van der Waals surface area contributed by atoms with E-state index in [9.17, 15) is 4.79 Å². The van der Waals surface area contributed by atoms with E-state index in [1.807, 2.05) is 4.90 Å². The number of rotatable bonds is 18. The van der Waals surface area contributed by atoms with Crippen LogP contribution in [0.15, 0.2) is 11.6 Å². The van der Waals surface area contributed by atoms with E-state index in [4.69, 9.17) is 0 Å². The van der Waals surface area contributed by atoms with Gasteiger partial charge in [0.25, 0.3) is 0 Å². The Balaban J connectivity index is 4.46. The van der Waals surface area contributed by atoms with Gasteiger partial charge in [-0.05, 0) is 56.8 Å². The smallest absolute Gasteiger partial charge is 0.222 e. The molecule has 0 radical (unpaired) electrons. The Kier molecular flexibility index (Phi) is 17.5. The van der Waals surface area contributed by atoms with Gasteiger partial charge in [0.05, 0.1) is 0 Å². The number of hydrogen-bond donors (Lipinski definition) is 0. The van der Waals surface area contributed by atoms with Crippen molar-refractivity contribution in [1.29, 1.82) is 0 Å². The Morgan fingerprint density at radius 2 is 1.59 bits per heavy atom. The molecule has 0 N–H and O–H groups in total. The Morgan fingerprint density at radius 3 is 2.14 bits per heavy atom. The van der Waals surface area contributed by atoms with Crippen molar-refractivity contribution < 1.29 is 4.79 Å². The Labute approximate surface area is 183 Å². The van der Waals surface area contributed by atoms with Crippen LogP contribution < -0.4 is 0 Å². The monoisotopic (exact) mass is 407 g/mol. The molecule has 0 aliphatic heterocycles. The third-order valence-electron chi connectivity index (χ3n) is 6.51. The van der Waals surface area contributed by atoms with Crippen molar-refractivity contribution in [2.45, 2.75) is 126 Å². The zero-order chi connectivity index (χ0) is 22.1. The van der Waals surface area contributed by atoms with Crippen molar-refractivity contribution in [1.82, 2.24) is 4.90 Å². The van der Waals surface area contributed by atoms with Gasteiger partial charge in [-0.15, -0.1) is 0 Å². The molecular formula is C27H53NO. The molecule has 0 aromatic rings. The highest BCUT2D eigenvalue weighted by Gasteiger charge is 2.13. The molecule has 0 aliphatic rings. The van der Waals surface area contributed by atoms with Crippen molar-refractivity contribution in [2.24, 2.45) is 17.8 Å². The summed E-state index contributed by atoms with van der Waals surface area (Å²) in [6, 6.07) is 0. The quantitative estimate of drug-likeness (QED) is 0.165. The van der Waals surface area contributed by atoms with Gasteiger partial charge in [-0.1, -0.05) is 91.7 Å². The SMILES string of the molecule is CCCC(CC)C/C(=C\CC(C)CCCCC(=O)N(CC)CCC)CC(C)CC. The summed E-state index contributed by atoms with van der Waals surface area (Å²) in [4.78, 5) is 14.3. The van der Waals surface area contributed by atoms with Crippen LogP contribution in [0, 0.1) is 17.8 Å². The zero-order valence-electron chi connectivity index (χ0n) is 21.1. The van der Waals surface area contributed by atoms with E-state index in [1.165, 1.54) is 57.8 Å². The first kappa shape index (κ1) is 28.2. The lowest BCUT2D eigenvalue weighted by Crippen LogP contribution is -2.31. The Morgan fingerprint density at radius 1 is 0.862 bits per heavy atom. The number of unbranched alkanes of at least 4 members (excludes halogenated alkanes) is 1. The van der Waals surface area contributed by atoms with Crippen LogP contribution in [-0.2, 0) is 4.79 Å². The molecule has 3 atom stereocenters. The fraction of sp³-hybridized carbons (Fsp3) is 0.889. The minimum absolute atomic E-state index is 0.347. The molecule has 172 valence electrons. The second-order valence-corrected chi connectivity index (χ2v) is 9.41. The molecule has 0 aromatic carbocycles. The number of carbonyl (C=O) groups is 1. The fourth-order valence-electron chi connectivity index (χ4n) is 4.21. The zero-order valence-corrected chi connectivity index (χ0v) is 21.1. The second kappa shape index (κ2) is 18.0. The molecule has 0 fully saturated rings. The summed E-state index contributed by atoms with van der Waals surface area (Å²) in [6.07, 6.45) is 16.9. The van der Waals surface area contributed by atoms with Crippen LogP contribution in [-0.4, -0.2) is 23.9 Å². The van der Waals surface area contributed by atoms with Gasteiger partial charge in [-0.3, -0.25) is 4.79 Å². The van der Waals surface area contributed by atoms with Gasteiger partial charge in [0.1, 0.15) is 0 Å². The summed E-state index contributed by atoms with van der Waals surface area (Å²) in [5.74, 6) is 2.73. The highest BCUT2D eigenvalue weighted by Crippen LogP contribution is 2.27. The van der Waals surface area contributed by atoms with Crippen LogP contribution in [0.2, 0.25) is 0 Å². The minimum atomic E-state index is 0.347. The molecule has 29 heavy (non-hydrogen) atoms. The van der Waals surface area contributed by atoms with Crippen molar-refractivity contribution in [3.8, 4) is 0 Å². The average molecular weight is 408 g/mol. The Hall–Kier alpha value is -0.790. The standard InChI is InChI=1S/C27H53NO/c1-8-15-25(11-4)22-26(21-23(6)10-3)19-18-24(7)16-13-14-17-27(29)28(12-5)20-9-2/h19,23-25H,8-18,20-22H2,1-7H3/b26-19-. The third kappa shape index (κ3) is 13.9. The van der Waals surface area contributed by atoms with E-state index >= 15 is 0 Å². The molecule has 0 spiro atoms. The first-order valence-electron chi connectivity index (χ1n) is 12.9. The maximum absolute atomic E-state index is 12.3. The van der Waals surface area contributed by atoms with E-state index in [2.05, 4.69) is 54.5 Å². The van der Waals surface area contributed by atoms with Crippen LogP contribution in [0.1, 0.15) is 126 Å². The lowest BCUT2D eigenvalue weighted by Gasteiger charge is -2.20. The number of amides is 1. The summed E-state index contributed by atoms with van der Waals surface area (Å²) in [7, 11) is 0. The van der Waals surface area contributed by atoms with Gasteiger partial charge < -0.3 is 4.90 Å². The highest BCUT2D eigenvalue weighted by molar-refractivity contribution is 5.76. The van der Waals surface area contributed by atoms with Crippen molar-refractivity contribution >= 4 is 5.91 Å². The van der Waals surface area contributed by atoms with E-state index in [0.29, 0.717) is 5.91 Å². The molecule has 3 unspecified atom stereocenters. The number of carbonyl (C=O) groups excluding carboxylic acids is 1. The van der Waals surface area contributed by atoms with Crippen molar-refractivity contribution in [3.05, 3.63) is 11.6 Å². The first-order chi connectivity index (χ1) is 13.9. The summed E-state index contributed by atoms with van der Waals surface area (Å²) in [5.41, 5.74) is 1.71. The predicted octanol–water partition coefficient (Wildman–Crippen LogP) is 8.41. The lowest BCUT2D eigenvalue weighted by molar-refractivity contribution is -0.131. The van der Waals surface area contributed by atoms with Gasteiger partial charge in [0, 0.05) is 19.5 Å². The highest BCUT2D eigenvalue weighted by atomic mass is 16.2. The van der Waals surface area contributed by atoms with Crippen molar-refractivity contribution in [2.75, 3.05) is 13.1 Å². The van der Waals surface area contributed by atoms with Crippen LogP contribution in [0.25, 0.3) is 0 Å². The molecular weight excluding hydrogens is 354 g/mol. The van der Waals surface area contributed by atoms with Gasteiger partial charge in [-0.2, -0.15) is 0 Å². The van der Waals surface area contributed by atoms with Crippen LogP contribution in [0.5, 0.6) is 0 Å². The number of nitrogens with zero attached hydrogens (tertiary/aromatic N) is 1. The van der Waals surface area contributed by atoms with E-state index in [-0.39, 0.29) is 0 Å².